The van der Waals surface area contributed by atoms with Crippen LogP contribution in [0.5, 0.6) is 0 Å². The van der Waals surface area contributed by atoms with Gasteiger partial charge < -0.3 is 20.8 Å². The first-order valence-corrected chi connectivity index (χ1v) is 7.01. The number of nitrogens with one attached hydrogen (secondary N) is 3. The molecule has 2 aromatic heterocycles. The highest BCUT2D eigenvalue weighted by Crippen LogP contribution is 2.23. The first-order chi connectivity index (χ1) is 11.3. The van der Waals surface area contributed by atoms with E-state index >= 15 is 0 Å². The normalized spacial score (nSPS) is 11.4. The SMILES string of the molecule is CC(C)(NC(=O)Nc1ccc2oc(C(N)=O)cc2c1)c1nn[nH]n1. The predicted molar refractivity (Wildman–Crippen MR) is 84.1 cm³/mol. The van der Waals surface area contributed by atoms with Gasteiger partial charge in [-0.1, -0.05) is 5.21 Å². The lowest BCUT2D eigenvalue weighted by atomic mass is 10.1. The molecular weight excluding hydrogens is 314 g/mol. The summed E-state index contributed by atoms with van der Waals surface area (Å²) in [5.41, 5.74) is 5.40. The molecule has 10 heteroatoms. The standard InChI is InChI=1S/C14H15N7O3/c1-14(2,12-18-20-21-19-12)17-13(23)16-8-3-4-9-7(5-8)6-10(24-9)11(15)22/h3-6H,1-2H3,(H2,15,22)(H2,16,17,23)(H,18,19,20,21). The number of hydrogen-bond acceptors (Lipinski definition) is 6. The molecule has 124 valence electrons. The average molecular weight is 329 g/mol. The molecule has 3 aromatic rings. The fourth-order valence-corrected chi connectivity index (χ4v) is 2.17. The number of urea groups is 1. The fraction of sp³-hybridized carbons (Fsp3) is 0.214. The zero-order valence-corrected chi connectivity index (χ0v) is 13.0. The van der Waals surface area contributed by atoms with Crippen molar-refractivity contribution < 1.29 is 14.0 Å². The number of nitrogens with zero attached hydrogens (tertiary/aromatic N) is 3. The molecule has 0 unspecified atom stereocenters. The molecule has 0 aliphatic carbocycles. The van der Waals surface area contributed by atoms with Crippen molar-refractivity contribution in [1.29, 1.82) is 0 Å². The number of aromatic nitrogens is 4. The van der Waals surface area contributed by atoms with Crippen molar-refractivity contribution in [2.45, 2.75) is 19.4 Å². The van der Waals surface area contributed by atoms with E-state index in [9.17, 15) is 9.59 Å². The van der Waals surface area contributed by atoms with E-state index in [1.165, 1.54) is 6.07 Å². The number of amides is 3. The maximum absolute atomic E-state index is 12.2. The number of nitrogens with two attached hydrogens (primary N) is 1. The van der Waals surface area contributed by atoms with Crippen molar-refractivity contribution >= 4 is 28.6 Å². The lowest BCUT2D eigenvalue weighted by Crippen LogP contribution is -2.44. The molecule has 0 radical (unpaired) electrons. The lowest BCUT2D eigenvalue weighted by Gasteiger charge is -2.22. The average Bonchev–Trinajstić information content (AvgIpc) is 3.16. The highest BCUT2D eigenvalue weighted by Gasteiger charge is 2.27. The third-order valence-corrected chi connectivity index (χ3v) is 3.35. The zero-order valence-electron chi connectivity index (χ0n) is 13.0. The second kappa shape index (κ2) is 5.65. The minimum absolute atomic E-state index is 0.0600. The second-order valence-electron chi connectivity index (χ2n) is 5.67. The van der Waals surface area contributed by atoms with Gasteiger partial charge in [0, 0.05) is 11.1 Å². The summed E-state index contributed by atoms with van der Waals surface area (Å²) in [6.07, 6.45) is 0. The number of fused-ring (bicyclic) bond motifs is 1. The van der Waals surface area contributed by atoms with Crippen molar-refractivity contribution in [2.24, 2.45) is 5.73 Å². The van der Waals surface area contributed by atoms with Crippen LogP contribution in [0, 0.1) is 0 Å². The predicted octanol–water partition coefficient (Wildman–Crippen LogP) is 1.10. The zero-order chi connectivity index (χ0) is 17.3. The van der Waals surface area contributed by atoms with Crippen LogP contribution >= 0.6 is 0 Å². The van der Waals surface area contributed by atoms with E-state index in [-0.39, 0.29) is 5.76 Å². The van der Waals surface area contributed by atoms with Gasteiger partial charge in [0.2, 0.25) is 0 Å². The van der Waals surface area contributed by atoms with Crippen LogP contribution < -0.4 is 16.4 Å². The van der Waals surface area contributed by atoms with Gasteiger partial charge in [-0.3, -0.25) is 4.79 Å². The van der Waals surface area contributed by atoms with Crippen molar-refractivity contribution in [1.82, 2.24) is 25.9 Å². The van der Waals surface area contributed by atoms with Gasteiger partial charge in [0.25, 0.3) is 5.91 Å². The number of furan rings is 1. The molecule has 0 saturated heterocycles. The molecule has 0 aliphatic heterocycles. The summed E-state index contributed by atoms with van der Waals surface area (Å²) in [5, 5.41) is 19.6. The monoisotopic (exact) mass is 329 g/mol. The summed E-state index contributed by atoms with van der Waals surface area (Å²) >= 11 is 0. The Bertz CT molecular complexity index is 898. The summed E-state index contributed by atoms with van der Waals surface area (Å²) in [6.45, 7) is 3.49. The number of carbonyl (C=O) groups excluding carboxylic acids is 2. The Hall–Kier alpha value is -3.43. The molecule has 1 aromatic carbocycles. The molecule has 2 heterocycles. The first-order valence-electron chi connectivity index (χ1n) is 7.01. The topological polar surface area (TPSA) is 152 Å². The van der Waals surface area contributed by atoms with E-state index in [0.29, 0.717) is 22.5 Å². The summed E-state index contributed by atoms with van der Waals surface area (Å²) in [6, 6.07) is 6.04. The molecule has 0 fully saturated rings. The molecule has 0 atom stereocenters. The number of aromatic amines is 1. The van der Waals surface area contributed by atoms with Gasteiger partial charge in [-0.25, -0.2) is 4.79 Å². The van der Waals surface area contributed by atoms with Gasteiger partial charge in [-0.2, -0.15) is 5.21 Å². The number of anilines is 1. The number of hydrogen-bond donors (Lipinski definition) is 4. The van der Waals surface area contributed by atoms with Gasteiger partial charge in [-0.15, -0.1) is 10.2 Å². The number of primary amides is 1. The van der Waals surface area contributed by atoms with Gasteiger partial charge in [0.15, 0.2) is 11.6 Å². The van der Waals surface area contributed by atoms with Crippen LogP contribution in [-0.2, 0) is 5.54 Å². The molecule has 0 aliphatic rings. The van der Waals surface area contributed by atoms with Gasteiger partial charge in [0.1, 0.15) is 5.58 Å². The molecule has 0 spiro atoms. The minimum atomic E-state index is -0.810. The maximum atomic E-state index is 12.2. The smallest absolute Gasteiger partial charge is 0.320 e. The van der Waals surface area contributed by atoms with Crippen LogP contribution in [0.3, 0.4) is 0 Å². The summed E-state index contributed by atoms with van der Waals surface area (Å²) in [7, 11) is 0. The van der Waals surface area contributed by atoms with E-state index in [2.05, 4.69) is 31.3 Å². The van der Waals surface area contributed by atoms with E-state index in [1.807, 2.05) is 0 Å². The van der Waals surface area contributed by atoms with Crippen LogP contribution in [0.4, 0.5) is 10.5 Å². The Morgan fingerprint density at radius 1 is 1.29 bits per heavy atom. The maximum Gasteiger partial charge on any atom is 0.320 e. The Kier molecular flexibility index (Phi) is 3.64. The number of benzene rings is 1. The second-order valence-corrected chi connectivity index (χ2v) is 5.67. The van der Waals surface area contributed by atoms with E-state index in [0.717, 1.165) is 0 Å². The Balaban J connectivity index is 1.74. The Morgan fingerprint density at radius 3 is 2.75 bits per heavy atom. The van der Waals surface area contributed by atoms with Crippen LogP contribution in [0.15, 0.2) is 28.7 Å². The highest BCUT2D eigenvalue weighted by atomic mass is 16.3. The summed E-state index contributed by atoms with van der Waals surface area (Å²) in [4.78, 5) is 23.3. The highest BCUT2D eigenvalue weighted by molar-refractivity contribution is 5.97. The molecule has 3 amide bonds. The van der Waals surface area contributed by atoms with Crippen molar-refractivity contribution in [3.05, 3.63) is 35.9 Å². The lowest BCUT2D eigenvalue weighted by molar-refractivity contribution is 0.0976. The number of carbonyl (C=O) groups is 2. The van der Waals surface area contributed by atoms with Crippen LogP contribution in [0.2, 0.25) is 0 Å². The molecule has 10 nitrogen and oxygen atoms in total. The van der Waals surface area contributed by atoms with Crippen molar-refractivity contribution in [2.75, 3.05) is 5.32 Å². The molecule has 24 heavy (non-hydrogen) atoms. The molecule has 0 bridgehead atoms. The molecule has 5 N–H and O–H groups in total. The fourth-order valence-electron chi connectivity index (χ4n) is 2.17. The van der Waals surface area contributed by atoms with E-state index < -0.39 is 17.5 Å². The largest absolute Gasteiger partial charge is 0.451 e. The first kappa shape index (κ1) is 15.5. The van der Waals surface area contributed by atoms with Crippen molar-refractivity contribution in [3.8, 4) is 0 Å². The molecule has 3 rings (SSSR count). The third kappa shape index (κ3) is 3.02. The number of rotatable bonds is 4. The summed E-state index contributed by atoms with van der Waals surface area (Å²) in [5.74, 6) is -0.237. The van der Waals surface area contributed by atoms with Crippen LogP contribution in [0.25, 0.3) is 11.0 Å². The van der Waals surface area contributed by atoms with Crippen LogP contribution in [0.1, 0.15) is 30.2 Å². The van der Waals surface area contributed by atoms with E-state index in [1.54, 1.807) is 32.0 Å². The third-order valence-electron chi connectivity index (χ3n) is 3.35. The van der Waals surface area contributed by atoms with Gasteiger partial charge in [-0.05, 0) is 38.1 Å². The molecule has 0 saturated carbocycles. The Morgan fingerprint density at radius 2 is 2.08 bits per heavy atom. The summed E-state index contributed by atoms with van der Waals surface area (Å²) < 4.78 is 5.29. The number of H-pyrrole nitrogens is 1. The molecular formula is C14H15N7O3. The minimum Gasteiger partial charge on any atom is -0.451 e. The quantitative estimate of drug-likeness (QED) is 0.562. The van der Waals surface area contributed by atoms with Gasteiger partial charge in [0.05, 0.1) is 5.54 Å². The van der Waals surface area contributed by atoms with E-state index in [4.69, 9.17) is 10.2 Å². The van der Waals surface area contributed by atoms with Crippen LogP contribution in [-0.4, -0.2) is 32.6 Å². The van der Waals surface area contributed by atoms with Gasteiger partial charge >= 0.3 is 6.03 Å². The van der Waals surface area contributed by atoms with Crippen molar-refractivity contribution in [3.63, 3.8) is 0 Å². The number of tetrazole rings is 1. The Labute approximate surface area is 135 Å².